The highest BCUT2D eigenvalue weighted by Crippen LogP contribution is 2.35. The SMILES string of the molecule is CCC#Cc1ccn([C@H](c2ccccc2)[C@H]2CN(C)C(=O)c3c(O)c(=O)cnn32)n1. The van der Waals surface area contributed by atoms with Crippen LogP contribution in [0.3, 0.4) is 0 Å². The van der Waals surface area contributed by atoms with Crippen molar-refractivity contribution in [2.24, 2.45) is 0 Å². The molecule has 2 aromatic heterocycles. The van der Waals surface area contributed by atoms with Crippen molar-refractivity contribution in [1.82, 2.24) is 24.5 Å². The van der Waals surface area contributed by atoms with Gasteiger partial charge in [-0.1, -0.05) is 43.2 Å². The molecule has 4 rings (SSSR count). The summed E-state index contributed by atoms with van der Waals surface area (Å²) in [6.45, 7) is 2.30. The normalized spacial score (nSPS) is 16.5. The number of fused-ring (bicyclic) bond motifs is 1. The molecule has 0 fully saturated rings. The van der Waals surface area contributed by atoms with E-state index in [-0.39, 0.29) is 11.7 Å². The molecule has 1 aliphatic rings. The van der Waals surface area contributed by atoms with E-state index in [9.17, 15) is 14.7 Å². The third-order valence-electron chi connectivity index (χ3n) is 5.10. The van der Waals surface area contributed by atoms with E-state index in [4.69, 9.17) is 0 Å². The Kier molecular flexibility index (Phi) is 5.11. The minimum Gasteiger partial charge on any atom is -0.502 e. The van der Waals surface area contributed by atoms with Gasteiger partial charge in [0, 0.05) is 26.2 Å². The zero-order valence-electron chi connectivity index (χ0n) is 16.7. The van der Waals surface area contributed by atoms with E-state index in [2.05, 4.69) is 22.0 Å². The first-order valence-corrected chi connectivity index (χ1v) is 9.66. The molecule has 1 N–H and O–H groups in total. The molecule has 0 bridgehead atoms. The van der Waals surface area contributed by atoms with E-state index in [1.807, 2.05) is 49.5 Å². The van der Waals surface area contributed by atoms with E-state index in [1.54, 1.807) is 11.7 Å². The smallest absolute Gasteiger partial charge is 0.275 e. The first-order valence-electron chi connectivity index (χ1n) is 9.66. The predicted molar refractivity (Wildman–Crippen MR) is 110 cm³/mol. The molecule has 3 heterocycles. The molecular formula is C22H21N5O3. The number of nitrogens with zero attached hydrogens (tertiary/aromatic N) is 5. The Labute approximate surface area is 173 Å². The van der Waals surface area contributed by atoms with Gasteiger partial charge in [0.05, 0.1) is 12.2 Å². The number of amides is 1. The van der Waals surface area contributed by atoms with Gasteiger partial charge in [-0.3, -0.25) is 14.3 Å². The molecule has 0 saturated carbocycles. The maximum Gasteiger partial charge on any atom is 0.275 e. The van der Waals surface area contributed by atoms with Gasteiger partial charge in [0.25, 0.3) is 5.91 Å². The summed E-state index contributed by atoms with van der Waals surface area (Å²) >= 11 is 0. The minimum atomic E-state index is -0.684. The van der Waals surface area contributed by atoms with E-state index in [1.165, 1.54) is 9.58 Å². The van der Waals surface area contributed by atoms with Crippen molar-refractivity contribution >= 4 is 5.91 Å². The van der Waals surface area contributed by atoms with Crippen LogP contribution in [0.25, 0.3) is 0 Å². The van der Waals surface area contributed by atoms with Gasteiger partial charge < -0.3 is 10.0 Å². The number of carbonyl (C=O) groups excluding carboxylic acids is 1. The monoisotopic (exact) mass is 403 g/mol. The molecule has 30 heavy (non-hydrogen) atoms. The maximum absolute atomic E-state index is 12.7. The second-order valence-corrected chi connectivity index (χ2v) is 7.10. The van der Waals surface area contributed by atoms with Crippen molar-refractivity contribution < 1.29 is 9.90 Å². The van der Waals surface area contributed by atoms with Crippen molar-refractivity contribution in [1.29, 1.82) is 0 Å². The highest BCUT2D eigenvalue weighted by atomic mass is 16.3. The molecule has 0 radical (unpaired) electrons. The Hall–Kier alpha value is -3.86. The van der Waals surface area contributed by atoms with Gasteiger partial charge in [0.15, 0.2) is 11.4 Å². The average molecular weight is 403 g/mol. The third kappa shape index (κ3) is 3.35. The Morgan fingerprint density at radius 2 is 2.00 bits per heavy atom. The second-order valence-electron chi connectivity index (χ2n) is 7.10. The Morgan fingerprint density at radius 3 is 2.73 bits per heavy atom. The van der Waals surface area contributed by atoms with Crippen molar-refractivity contribution in [2.45, 2.75) is 25.4 Å². The number of carbonyl (C=O) groups is 1. The molecule has 0 saturated heterocycles. The summed E-state index contributed by atoms with van der Waals surface area (Å²) in [5.41, 5.74) is 0.805. The van der Waals surface area contributed by atoms with Crippen LogP contribution in [-0.2, 0) is 0 Å². The lowest BCUT2D eigenvalue weighted by molar-refractivity contribution is 0.0667. The van der Waals surface area contributed by atoms with Crippen molar-refractivity contribution in [3.63, 3.8) is 0 Å². The van der Waals surface area contributed by atoms with Gasteiger partial charge in [-0.05, 0) is 17.6 Å². The Bertz CT molecular complexity index is 1200. The molecule has 1 aliphatic heterocycles. The van der Waals surface area contributed by atoms with Crippen LogP contribution in [0.1, 0.15) is 47.2 Å². The second kappa shape index (κ2) is 7.87. The van der Waals surface area contributed by atoms with Crippen molar-refractivity contribution in [2.75, 3.05) is 13.6 Å². The molecule has 0 unspecified atom stereocenters. The molecule has 1 aromatic carbocycles. The molecule has 3 aromatic rings. The minimum absolute atomic E-state index is 0.111. The summed E-state index contributed by atoms with van der Waals surface area (Å²) < 4.78 is 3.24. The van der Waals surface area contributed by atoms with Crippen LogP contribution in [0.4, 0.5) is 0 Å². The fourth-order valence-electron chi connectivity index (χ4n) is 3.70. The van der Waals surface area contributed by atoms with Gasteiger partial charge >= 0.3 is 0 Å². The molecule has 0 aliphatic carbocycles. The number of likely N-dealkylation sites (N-methyl/N-ethyl adjacent to an activating group) is 1. The Balaban J connectivity index is 1.90. The molecule has 2 atom stereocenters. The fourth-order valence-corrected chi connectivity index (χ4v) is 3.70. The first-order chi connectivity index (χ1) is 14.5. The topological polar surface area (TPSA) is 93.3 Å². The summed E-state index contributed by atoms with van der Waals surface area (Å²) in [7, 11) is 1.64. The molecular weight excluding hydrogens is 382 g/mol. The highest BCUT2D eigenvalue weighted by Gasteiger charge is 2.38. The van der Waals surface area contributed by atoms with E-state index < -0.39 is 23.1 Å². The standard InChI is InChI=1S/C22H21N5O3/c1-3-4-10-16-11-12-26(24-16)19(15-8-6-5-7-9-15)17-14-25(2)22(30)20-21(29)18(28)13-23-27(17)20/h5-9,11-13,17,19,29H,3,14H2,1-2H3/t17-,19-/m1/s1. The van der Waals surface area contributed by atoms with Gasteiger partial charge in [-0.25, -0.2) is 4.68 Å². The van der Waals surface area contributed by atoms with Crippen LogP contribution in [0.2, 0.25) is 0 Å². The largest absolute Gasteiger partial charge is 0.502 e. The van der Waals surface area contributed by atoms with Crippen LogP contribution >= 0.6 is 0 Å². The first kappa shape index (κ1) is 19.5. The molecule has 1 amide bonds. The van der Waals surface area contributed by atoms with Crippen molar-refractivity contribution in [3.05, 3.63) is 76.0 Å². The number of hydrogen-bond acceptors (Lipinski definition) is 5. The lowest BCUT2D eigenvalue weighted by atomic mass is 9.97. The molecule has 0 spiro atoms. The van der Waals surface area contributed by atoms with E-state index in [0.717, 1.165) is 18.2 Å². The summed E-state index contributed by atoms with van der Waals surface area (Å²) in [5, 5.41) is 19.1. The number of aromatic hydroxyl groups is 1. The van der Waals surface area contributed by atoms with Gasteiger partial charge in [0.1, 0.15) is 11.7 Å². The number of benzene rings is 1. The summed E-state index contributed by atoms with van der Waals surface area (Å²) in [6, 6.07) is 10.8. The van der Waals surface area contributed by atoms with Gasteiger partial charge in [-0.15, -0.1) is 0 Å². The van der Waals surface area contributed by atoms with Crippen LogP contribution in [0, 0.1) is 11.8 Å². The molecule has 8 nitrogen and oxygen atoms in total. The average Bonchev–Trinajstić information content (AvgIpc) is 3.21. The van der Waals surface area contributed by atoms with Crippen LogP contribution in [0.5, 0.6) is 5.75 Å². The summed E-state index contributed by atoms with van der Waals surface area (Å²) in [6.07, 6.45) is 3.61. The quantitative estimate of drug-likeness (QED) is 0.674. The zero-order chi connectivity index (χ0) is 21.3. The molecule has 8 heteroatoms. The third-order valence-corrected chi connectivity index (χ3v) is 5.10. The lowest BCUT2D eigenvalue weighted by Gasteiger charge is -2.37. The zero-order valence-corrected chi connectivity index (χ0v) is 16.7. The van der Waals surface area contributed by atoms with Crippen LogP contribution in [0.15, 0.2) is 53.6 Å². The van der Waals surface area contributed by atoms with Crippen molar-refractivity contribution in [3.8, 4) is 17.6 Å². The predicted octanol–water partition coefficient (Wildman–Crippen LogP) is 1.82. The van der Waals surface area contributed by atoms with E-state index >= 15 is 0 Å². The van der Waals surface area contributed by atoms with E-state index in [0.29, 0.717) is 12.2 Å². The number of aromatic nitrogens is 4. The summed E-state index contributed by atoms with van der Waals surface area (Å²) in [5.74, 6) is 5.00. The highest BCUT2D eigenvalue weighted by molar-refractivity contribution is 5.95. The van der Waals surface area contributed by atoms with Crippen LogP contribution in [-0.4, -0.2) is 49.1 Å². The van der Waals surface area contributed by atoms with Gasteiger partial charge in [-0.2, -0.15) is 10.2 Å². The van der Waals surface area contributed by atoms with Crippen LogP contribution < -0.4 is 5.43 Å². The summed E-state index contributed by atoms with van der Waals surface area (Å²) in [4.78, 5) is 26.1. The number of rotatable bonds is 3. The lowest BCUT2D eigenvalue weighted by Crippen LogP contribution is -2.46. The number of hydrogen-bond donors (Lipinski definition) is 1. The fraction of sp³-hybridized carbons (Fsp3) is 0.273. The molecule has 152 valence electrons. The Morgan fingerprint density at radius 1 is 1.23 bits per heavy atom. The maximum atomic E-state index is 12.7. The van der Waals surface area contributed by atoms with Gasteiger partial charge in [0.2, 0.25) is 5.43 Å².